The molecule has 0 spiro atoms. The normalized spacial score (nSPS) is 10.9. The Kier molecular flexibility index (Phi) is 4.75. The number of anilines is 2. The Morgan fingerprint density at radius 2 is 1.81 bits per heavy atom. The van der Waals surface area contributed by atoms with Gasteiger partial charge in [0.15, 0.2) is 5.75 Å². The molecule has 0 bridgehead atoms. The summed E-state index contributed by atoms with van der Waals surface area (Å²) in [6.07, 6.45) is 2.85. The van der Waals surface area contributed by atoms with Gasteiger partial charge < -0.3 is 10.1 Å². The van der Waals surface area contributed by atoms with Gasteiger partial charge >= 0.3 is 11.6 Å². The summed E-state index contributed by atoms with van der Waals surface area (Å²) >= 11 is 0. The van der Waals surface area contributed by atoms with Crippen LogP contribution in [-0.4, -0.2) is 24.9 Å². The third-order valence-corrected chi connectivity index (χ3v) is 4.90. The molecule has 9 nitrogen and oxygen atoms in total. The van der Waals surface area contributed by atoms with Crippen molar-refractivity contribution in [1.29, 1.82) is 0 Å². The Morgan fingerprint density at radius 3 is 2.69 bits per heavy atom. The molecule has 2 aromatic carbocycles. The SMILES string of the molecule is Cc1ccc2c(Nc3ncnc(Oc4cccc5cccnc45)c3[N+](=O)[O-])cccc2n1. The highest BCUT2D eigenvalue weighted by Gasteiger charge is 2.26. The fraction of sp³-hybridized carbons (Fsp3) is 0.0435. The zero-order valence-corrected chi connectivity index (χ0v) is 16.9. The molecule has 3 aromatic heterocycles. The average molecular weight is 424 g/mol. The fourth-order valence-corrected chi connectivity index (χ4v) is 3.45. The van der Waals surface area contributed by atoms with E-state index in [-0.39, 0.29) is 17.4 Å². The first-order valence-electron chi connectivity index (χ1n) is 9.74. The fourth-order valence-electron chi connectivity index (χ4n) is 3.45. The van der Waals surface area contributed by atoms with Gasteiger partial charge in [-0.05, 0) is 43.3 Å². The maximum absolute atomic E-state index is 12.0. The second kappa shape index (κ2) is 7.88. The van der Waals surface area contributed by atoms with E-state index in [0.717, 1.165) is 22.0 Å². The smallest absolute Gasteiger partial charge is 0.373 e. The summed E-state index contributed by atoms with van der Waals surface area (Å²) in [5, 5.41) is 16.7. The average Bonchev–Trinajstić information content (AvgIpc) is 2.79. The van der Waals surface area contributed by atoms with Crippen molar-refractivity contribution in [1.82, 2.24) is 19.9 Å². The minimum atomic E-state index is -0.566. The van der Waals surface area contributed by atoms with Crippen molar-refractivity contribution in [3.8, 4) is 11.6 Å². The molecule has 156 valence electrons. The summed E-state index contributed by atoms with van der Waals surface area (Å²) in [7, 11) is 0. The second-order valence-corrected chi connectivity index (χ2v) is 7.02. The molecular weight excluding hydrogens is 408 g/mol. The highest BCUT2D eigenvalue weighted by atomic mass is 16.6. The number of pyridine rings is 2. The topological polar surface area (TPSA) is 116 Å². The number of benzene rings is 2. The predicted molar refractivity (Wildman–Crippen MR) is 120 cm³/mol. The zero-order chi connectivity index (χ0) is 22.1. The van der Waals surface area contributed by atoms with Crippen LogP contribution >= 0.6 is 0 Å². The predicted octanol–water partition coefficient (Wildman–Crippen LogP) is 5.33. The van der Waals surface area contributed by atoms with E-state index in [1.54, 1.807) is 24.4 Å². The van der Waals surface area contributed by atoms with E-state index in [4.69, 9.17) is 4.74 Å². The minimum Gasteiger partial charge on any atom is -0.431 e. The maximum atomic E-state index is 12.0. The van der Waals surface area contributed by atoms with Crippen molar-refractivity contribution in [3.05, 3.63) is 89.0 Å². The van der Waals surface area contributed by atoms with Crippen molar-refractivity contribution in [2.24, 2.45) is 0 Å². The summed E-state index contributed by atoms with van der Waals surface area (Å²) in [5.74, 6) is 0.196. The number of aromatic nitrogens is 4. The lowest BCUT2D eigenvalue weighted by molar-refractivity contribution is -0.385. The Hall–Kier alpha value is -4.66. The van der Waals surface area contributed by atoms with Gasteiger partial charge in [-0.1, -0.05) is 24.3 Å². The van der Waals surface area contributed by atoms with Gasteiger partial charge in [0.1, 0.15) is 11.8 Å². The number of fused-ring (bicyclic) bond motifs is 2. The van der Waals surface area contributed by atoms with Crippen LogP contribution in [0.1, 0.15) is 5.69 Å². The molecule has 0 aliphatic carbocycles. The van der Waals surface area contributed by atoms with Crippen molar-refractivity contribution in [3.63, 3.8) is 0 Å². The molecule has 5 rings (SSSR count). The highest BCUT2D eigenvalue weighted by molar-refractivity contribution is 5.93. The number of hydrogen-bond acceptors (Lipinski definition) is 8. The Labute approximate surface area is 181 Å². The van der Waals surface area contributed by atoms with E-state index >= 15 is 0 Å². The van der Waals surface area contributed by atoms with E-state index < -0.39 is 4.92 Å². The maximum Gasteiger partial charge on any atom is 0.373 e. The molecule has 0 radical (unpaired) electrons. The van der Waals surface area contributed by atoms with E-state index in [9.17, 15) is 10.1 Å². The first-order valence-corrected chi connectivity index (χ1v) is 9.74. The minimum absolute atomic E-state index is 0.0151. The van der Waals surface area contributed by atoms with Crippen LogP contribution in [0.3, 0.4) is 0 Å². The number of aryl methyl sites for hydroxylation is 1. The van der Waals surface area contributed by atoms with Gasteiger partial charge in [0.05, 0.1) is 10.4 Å². The molecule has 0 atom stereocenters. The monoisotopic (exact) mass is 424 g/mol. The first kappa shape index (κ1) is 19.3. The summed E-state index contributed by atoms with van der Waals surface area (Å²) in [4.78, 5) is 28.4. The van der Waals surface area contributed by atoms with Crippen LogP contribution < -0.4 is 10.1 Å². The van der Waals surface area contributed by atoms with E-state index in [2.05, 4.69) is 25.3 Å². The Morgan fingerprint density at radius 1 is 0.969 bits per heavy atom. The molecule has 3 heterocycles. The quantitative estimate of drug-likeness (QED) is 0.297. The molecule has 0 saturated carbocycles. The molecular formula is C23H16N6O3. The highest BCUT2D eigenvalue weighted by Crippen LogP contribution is 2.38. The standard InChI is InChI=1S/C23H16N6O3/c1-14-10-11-16-17(27-14)7-3-8-18(16)28-22-21(29(30)31)23(26-13-25-22)32-19-9-2-5-15-6-4-12-24-20(15)19/h2-13H,1H3,(H,25,26,28). The van der Waals surface area contributed by atoms with Gasteiger partial charge in [-0.3, -0.25) is 20.1 Å². The van der Waals surface area contributed by atoms with E-state index in [0.29, 0.717) is 17.0 Å². The van der Waals surface area contributed by atoms with Crippen molar-refractivity contribution in [2.75, 3.05) is 5.32 Å². The van der Waals surface area contributed by atoms with Crippen LogP contribution in [0.5, 0.6) is 11.6 Å². The number of para-hydroxylation sites is 1. The van der Waals surface area contributed by atoms with Crippen LogP contribution in [0, 0.1) is 17.0 Å². The Balaban J connectivity index is 1.58. The molecule has 0 saturated heterocycles. The number of ether oxygens (including phenoxy) is 1. The third kappa shape index (κ3) is 3.52. The van der Waals surface area contributed by atoms with Crippen LogP contribution in [0.15, 0.2) is 73.2 Å². The Bertz CT molecular complexity index is 1480. The summed E-state index contributed by atoms with van der Waals surface area (Å²) in [6.45, 7) is 1.90. The molecule has 0 unspecified atom stereocenters. The summed E-state index contributed by atoms with van der Waals surface area (Å²) < 4.78 is 5.86. The van der Waals surface area contributed by atoms with Crippen molar-refractivity contribution in [2.45, 2.75) is 6.92 Å². The molecule has 0 aliphatic heterocycles. The molecule has 9 heteroatoms. The number of nitro groups is 1. The third-order valence-electron chi connectivity index (χ3n) is 4.90. The summed E-state index contributed by atoms with van der Waals surface area (Å²) in [5.41, 5.74) is 2.48. The van der Waals surface area contributed by atoms with Crippen LogP contribution in [0.4, 0.5) is 17.2 Å². The van der Waals surface area contributed by atoms with Gasteiger partial charge in [0.25, 0.3) is 0 Å². The van der Waals surface area contributed by atoms with Crippen LogP contribution in [0.25, 0.3) is 21.8 Å². The number of nitrogens with zero attached hydrogens (tertiary/aromatic N) is 5. The number of nitrogens with one attached hydrogen (secondary N) is 1. The van der Waals surface area contributed by atoms with Crippen LogP contribution in [0.2, 0.25) is 0 Å². The van der Waals surface area contributed by atoms with E-state index in [1.807, 2.05) is 49.4 Å². The molecule has 0 fully saturated rings. The zero-order valence-electron chi connectivity index (χ0n) is 16.9. The van der Waals surface area contributed by atoms with Gasteiger partial charge in [-0.15, -0.1) is 0 Å². The number of rotatable bonds is 5. The first-order chi connectivity index (χ1) is 15.6. The van der Waals surface area contributed by atoms with Gasteiger partial charge in [-0.25, -0.2) is 4.98 Å². The van der Waals surface area contributed by atoms with Gasteiger partial charge in [-0.2, -0.15) is 4.98 Å². The number of hydrogen-bond donors (Lipinski definition) is 1. The second-order valence-electron chi connectivity index (χ2n) is 7.02. The molecule has 0 amide bonds. The van der Waals surface area contributed by atoms with Crippen LogP contribution in [-0.2, 0) is 0 Å². The molecule has 5 aromatic rings. The van der Waals surface area contributed by atoms with E-state index in [1.165, 1.54) is 6.33 Å². The van der Waals surface area contributed by atoms with Crippen molar-refractivity contribution < 1.29 is 9.66 Å². The lowest BCUT2D eigenvalue weighted by Gasteiger charge is -2.12. The molecule has 1 N–H and O–H groups in total. The lowest BCUT2D eigenvalue weighted by atomic mass is 10.1. The van der Waals surface area contributed by atoms with Crippen molar-refractivity contribution >= 4 is 39.0 Å². The molecule has 32 heavy (non-hydrogen) atoms. The van der Waals surface area contributed by atoms with Gasteiger partial charge in [0.2, 0.25) is 5.82 Å². The largest absolute Gasteiger partial charge is 0.431 e. The lowest BCUT2D eigenvalue weighted by Crippen LogP contribution is -2.04. The molecule has 0 aliphatic rings. The summed E-state index contributed by atoms with van der Waals surface area (Å²) in [6, 6.07) is 18.3. The van der Waals surface area contributed by atoms with Gasteiger partial charge in [0, 0.05) is 28.4 Å².